The molecule has 0 rings (SSSR count). The van der Waals surface area contributed by atoms with Crippen LogP contribution in [0.15, 0.2) is 0 Å². The first-order valence-corrected chi connectivity index (χ1v) is 5.89. The Morgan fingerprint density at radius 1 is 1.08 bits per heavy atom. The summed E-state index contributed by atoms with van der Waals surface area (Å²) in [6.07, 6.45) is 3.50. The summed E-state index contributed by atoms with van der Waals surface area (Å²) in [6, 6.07) is 0. The van der Waals surface area contributed by atoms with Crippen LogP contribution in [0.5, 0.6) is 0 Å². The maximum atomic E-state index is 8.70. The molecule has 0 radical (unpaired) electrons. The van der Waals surface area contributed by atoms with E-state index in [1.54, 1.807) is 0 Å². The van der Waals surface area contributed by atoms with E-state index in [1.807, 2.05) is 0 Å². The highest BCUT2D eigenvalue weighted by atomic mass is 79.9. The van der Waals surface area contributed by atoms with Gasteiger partial charge in [0.05, 0.1) is 4.83 Å². The second-order valence-corrected chi connectivity index (χ2v) is 4.59. The molecule has 1 unspecified atom stereocenters. The number of hydrogen-bond acceptors (Lipinski definition) is 3. The molecule has 3 nitrogen and oxygen atoms in total. The van der Waals surface area contributed by atoms with Crippen molar-refractivity contribution in [2.75, 3.05) is 5.33 Å². The largest absolute Gasteiger partial charge is 0.343 e. The number of hydrogen-bond donors (Lipinski definition) is 3. The van der Waals surface area contributed by atoms with Crippen molar-refractivity contribution >= 4 is 31.9 Å². The fourth-order valence-electron chi connectivity index (χ4n) is 0.788. The van der Waals surface area contributed by atoms with E-state index in [1.165, 1.54) is 0 Å². The van der Waals surface area contributed by atoms with E-state index in [2.05, 4.69) is 31.9 Å². The van der Waals surface area contributed by atoms with Crippen LogP contribution in [0.3, 0.4) is 0 Å². The van der Waals surface area contributed by atoms with E-state index in [-0.39, 0.29) is 0 Å². The molecule has 0 aromatic rings. The Bertz CT molecular complexity index is 114. The standard InChI is InChI=1S/C7H14Br2O3/c8-5-3-1-2-4-6(9)7(10,11)12/h6,10-12H,1-5H2. The molecular formula is C7H14Br2O3. The first-order valence-electron chi connectivity index (χ1n) is 3.85. The molecule has 0 bridgehead atoms. The van der Waals surface area contributed by atoms with E-state index in [9.17, 15) is 0 Å². The molecule has 0 aromatic carbocycles. The fraction of sp³-hybridized carbons (Fsp3) is 1.00. The molecule has 0 aliphatic carbocycles. The van der Waals surface area contributed by atoms with Gasteiger partial charge in [-0.3, -0.25) is 0 Å². The second-order valence-electron chi connectivity index (χ2n) is 2.69. The third kappa shape index (κ3) is 6.37. The SMILES string of the molecule is OC(O)(O)C(Br)CCCCCBr. The van der Waals surface area contributed by atoms with Gasteiger partial charge >= 0.3 is 0 Å². The molecule has 1 atom stereocenters. The highest BCUT2D eigenvalue weighted by Gasteiger charge is 2.28. The number of rotatable bonds is 6. The number of aliphatic hydroxyl groups is 3. The Kier molecular flexibility index (Phi) is 6.76. The summed E-state index contributed by atoms with van der Waals surface area (Å²) in [6.45, 7) is 0. The van der Waals surface area contributed by atoms with Crippen LogP contribution in [-0.2, 0) is 0 Å². The van der Waals surface area contributed by atoms with Crippen molar-refractivity contribution in [3.05, 3.63) is 0 Å². The molecule has 5 heteroatoms. The lowest BCUT2D eigenvalue weighted by molar-refractivity contribution is -0.309. The molecule has 0 saturated carbocycles. The summed E-state index contributed by atoms with van der Waals surface area (Å²) in [5.41, 5.74) is 0. The van der Waals surface area contributed by atoms with Gasteiger partial charge in [-0.2, -0.15) is 0 Å². The number of alkyl halides is 2. The van der Waals surface area contributed by atoms with Gasteiger partial charge in [-0.25, -0.2) is 0 Å². The molecule has 12 heavy (non-hydrogen) atoms. The van der Waals surface area contributed by atoms with Crippen LogP contribution in [0.25, 0.3) is 0 Å². The molecule has 0 heterocycles. The molecular weight excluding hydrogens is 292 g/mol. The Hall–Kier alpha value is 0.840. The summed E-state index contributed by atoms with van der Waals surface area (Å²) in [5.74, 6) is -2.59. The van der Waals surface area contributed by atoms with Gasteiger partial charge in [0, 0.05) is 5.33 Å². The van der Waals surface area contributed by atoms with Crippen LogP contribution in [0, 0.1) is 0 Å². The fourth-order valence-corrected chi connectivity index (χ4v) is 1.51. The van der Waals surface area contributed by atoms with Crippen molar-refractivity contribution in [1.82, 2.24) is 0 Å². The average molecular weight is 306 g/mol. The second kappa shape index (κ2) is 6.32. The van der Waals surface area contributed by atoms with E-state index < -0.39 is 10.8 Å². The Balaban J connectivity index is 3.38. The Morgan fingerprint density at radius 3 is 2.08 bits per heavy atom. The molecule has 3 N–H and O–H groups in total. The van der Waals surface area contributed by atoms with Gasteiger partial charge in [0.15, 0.2) is 0 Å². The highest BCUT2D eigenvalue weighted by Crippen LogP contribution is 2.19. The predicted molar refractivity (Wildman–Crippen MR) is 54.4 cm³/mol. The molecule has 0 fully saturated rings. The minimum absolute atomic E-state index is 0.552. The van der Waals surface area contributed by atoms with Gasteiger partial charge in [-0.15, -0.1) is 0 Å². The quantitative estimate of drug-likeness (QED) is 0.394. The Labute approximate surface area is 89.0 Å². The van der Waals surface area contributed by atoms with Crippen molar-refractivity contribution in [3.63, 3.8) is 0 Å². The smallest absolute Gasteiger partial charge is 0.288 e. The first-order chi connectivity index (χ1) is 5.48. The van der Waals surface area contributed by atoms with E-state index in [4.69, 9.17) is 15.3 Å². The summed E-state index contributed by atoms with van der Waals surface area (Å²) >= 11 is 6.28. The van der Waals surface area contributed by atoms with E-state index >= 15 is 0 Å². The van der Waals surface area contributed by atoms with Crippen molar-refractivity contribution in [2.45, 2.75) is 36.5 Å². The molecule has 0 amide bonds. The van der Waals surface area contributed by atoms with Crippen LogP contribution in [-0.4, -0.2) is 31.5 Å². The number of unbranched alkanes of at least 4 members (excludes halogenated alkanes) is 2. The monoisotopic (exact) mass is 304 g/mol. The number of halogens is 2. The lowest BCUT2D eigenvalue weighted by atomic mass is 10.1. The van der Waals surface area contributed by atoms with E-state index in [0.717, 1.165) is 24.6 Å². The lowest BCUT2D eigenvalue weighted by Crippen LogP contribution is -2.37. The summed E-state index contributed by atoms with van der Waals surface area (Å²) in [7, 11) is 0. The predicted octanol–water partition coefficient (Wildman–Crippen LogP) is 1.34. The zero-order valence-corrected chi connectivity index (χ0v) is 9.88. The summed E-state index contributed by atoms with van der Waals surface area (Å²) in [4.78, 5) is -0.666. The van der Waals surface area contributed by atoms with Gasteiger partial charge in [0.25, 0.3) is 5.97 Å². The van der Waals surface area contributed by atoms with Gasteiger partial charge < -0.3 is 15.3 Å². The van der Waals surface area contributed by atoms with Crippen molar-refractivity contribution in [2.24, 2.45) is 0 Å². The summed E-state index contributed by atoms with van der Waals surface area (Å²) < 4.78 is 0. The molecule has 0 spiro atoms. The molecule has 0 aromatic heterocycles. The topological polar surface area (TPSA) is 60.7 Å². The summed E-state index contributed by atoms with van der Waals surface area (Å²) in [5, 5.41) is 27.1. The van der Waals surface area contributed by atoms with Gasteiger partial charge in [0.1, 0.15) is 0 Å². The molecule has 0 aliphatic heterocycles. The van der Waals surface area contributed by atoms with Gasteiger partial charge in [-0.05, 0) is 12.8 Å². The zero-order chi connectivity index (χ0) is 9.61. The minimum Gasteiger partial charge on any atom is -0.343 e. The normalized spacial score (nSPS) is 14.8. The van der Waals surface area contributed by atoms with Crippen molar-refractivity contribution in [3.8, 4) is 0 Å². The van der Waals surface area contributed by atoms with E-state index in [0.29, 0.717) is 6.42 Å². The van der Waals surface area contributed by atoms with Gasteiger partial charge in [0.2, 0.25) is 0 Å². The molecule has 0 aliphatic rings. The van der Waals surface area contributed by atoms with Crippen molar-refractivity contribution < 1.29 is 15.3 Å². The van der Waals surface area contributed by atoms with Crippen molar-refractivity contribution in [1.29, 1.82) is 0 Å². The Morgan fingerprint density at radius 2 is 1.67 bits per heavy atom. The minimum atomic E-state index is -2.59. The van der Waals surface area contributed by atoms with Crippen LogP contribution >= 0.6 is 31.9 Å². The van der Waals surface area contributed by atoms with Crippen LogP contribution < -0.4 is 0 Å². The van der Waals surface area contributed by atoms with Crippen LogP contribution in [0.4, 0.5) is 0 Å². The zero-order valence-electron chi connectivity index (χ0n) is 6.71. The first kappa shape index (κ1) is 12.8. The molecule has 74 valence electrons. The molecule has 0 saturated heterocycles. The third-order valence-electron chi connectivity index (χ3n) is 1.51. The van der Waals surface area contributed by atoms with Gasteiger partial charge in [-0.1, -0.05) is 44.7 Å². The highest BCUT2D eigenvalue weighted by molar-refractivity contribution is 9.09. The lowest BCUT2D eigenvalue weighted by Gasteiger charge is -2.20. The third-order valence-corrected chi connectivity index (χ3v) is 3.14. The van der Waals surface area contributed by atoms with Crippen LogP contribution in [0.1, 0.15) is 25.7 Å². The average Bonchev–Trinajstić information content (AvgIpc) is 1.96. The van der Waals surface area contributed by atoms with Crippen LogP contribution in [0.2, 0.25) is 0 Å². The maximum absolute atomic E-state index is 8.70. The maximum Gasteiger partial charge on any atom is 0.288 e.